The molecule has 0 radical (unpaired) electrons. The lowest BCUT2D eigenvalue weighted by atomic mass is 9.90. The van der Waals surface area contributed by atoms with Crippen molar-refractivity contribution in [2.24, 2.45) is 0 Å². The van der Waals surface area contributed by atoms with Crippen molar-refractivity contribution in [3.63, 3.8) is 0 Å². The molecular formula is C25H24N4O5S. The van der Waals surface area contributed by atoms with Crippen molar-refractivity contribution in [1.29, 1.82) is 0 Å². The van der Waals surface area contributed by atoms with Crippen LogP contribution in [0, 0.1) is 6.92 Å². The number of methoxy groups -OCH3 is 2. The number of hydrogen-bond donors (Lipinski definition) is 2. The molecule has 0 saturated carbocycles. The average Bonchev–Trinajstić information content (AvgIpc) is 3.27. The lowest BCUT2D eigenvalue weighted by Crippen LogP contribution is -2.49. The van der Waals surface area contributed by atoms with Crippen molar-refractivity contribution in [3.05, 3.63) is 82.8 Å². The number of aryl methyl sites for hydroxylation is 1. The normalized spacial score (nSPS) is 15.5. The van der Waals surface area contributed by atoms with E-state index in [0.717, 1.165) is 5.69 Å². The molecule has 1 amide bonds. The lowest BCUT2D eigenvalue weighted by Gasteiger charge is -2.38. The standard InChI is InChI=1S/C25H24N4O5S/c1-14-13-20(28-34-14)26-23(30)21-15(2)29(16-9-11-17(32-3)12-10-16)25(35)27-22(21)18-7-5-6-8-19(18)24(31)33-4/h5-13,22H,1-4H3,(H,27,35)(H,26,28,30)/t22-/m1/s1. The predicted molar refractivity (Wildman–Crippen MR) is 134 cm³/mol. The van der Waals surface area contributed by atoms with Gasteiger partial charge in [-0.2, -0.15) is 0 Å². The Bertz CT molecular complexity index is 1320. The van der Waals surface area contributed by atoms with E-state index in [1.807, 2.05) is 24.3 Å². The van der Waals surface area contributed by atoms with Crippen LogP contribution < -0.4 is 20.3 Å². The lowest BCUT2D eigenvalue weighted by molar-refractivity contribution is -0.113. The van der Waals surface area contributed by atoms with Gasteiger partial charge >= 0.3 is 5.97 Å². The van der Waals surface area contributed by atoms with Crippen molar-refractivity contribution < 1.29 is 23.6 Å². The number of anilines is 2. The summed E-state index contributed by atoms with van der Waals surface area (Å²) in [5, 5.41) is 10.3. The molecule has 2 N–H and O–H groups in total. The number of esters is 1. The fourth-order valence-electron chi connectivity index (χ4n) is 3.97. The third-order valence-electron chi connectivity index (χ3n) is 5.61. The Balaban J connectivity index is 1.84. The number of hydrogen-bond acceptors (Lipinski definition) is 7. The number of amides is 1. The van der Waals surface area contributed by atoms with Gasteiger partial charge in [0.2, 0.25) is 0 Å². The summed E-state index contributed by atoms with van der Waals surface area (Å²) in [7, 11) is 2.90. The van der Waals surface area contributed by atoms with Gasteiger partial charge in [-0.05, 0) is 62.0 Å². The summed E-state index contributed by atoms with van der Waals surface area (Å²) in [4.78, 5) is 27.9. The Kier molecular flexibility index (Phi) is 6.83. The van der Waals surface area contributed by atoms with Crippen molar-refractivity contribution in [1.82, 2.24) is 10.5 Å². The molecule has 1 aliphatic heterocycles. The first kappa shape index (κ1) is 24.0. The van der Waals surface area contributed by atoms with Crippen LogP contribution in [0.25, 0.3) is 0 Å². The van der Waals surface area contributed by atoms with E-state index in [1.54, 1.807) is 56.2 Å². The van der Waals surface area contributed by atoms with Gasteiger partial charge < -0.3 is 24.6 Å². The van der Waals surface area contributed by atoms with E-state index in [9.17, 15) is 9.59 Å². The Labute approximate surface area is 207 Å². The van der Waals surface area contributed by atoms with Gasteiger partial charge in [0.25, 0.3) is 5.91 Å². The minimum Gasteiger partial charge on any atom is -0.497 e. The highest BCUT2D eigenvalue weighted by atomic mass is 32.1. The fraction of sp³-hybridized carbons (Fsp3) is 0.200. The minimum absolute atomic E-state index is 0.275. The molecule has 1 aromatic heterocycles. The highest BCUT2D eigenvalue weighted by molar-refractivity contribution is 7.80. The second-order valence-electron chi connectivity index (χ2n) is 7.77. The summed E-state index contributed by atoms with van der Waals surface area (Å²) in [6, 6.07) is 15.1. The van der Waals surface area contributed by atoms with E-state index in [4.69, 9.17) is 26.2 Å². The molecule has 0 fully saturated rings. The summed E-state index contributed by atoms with van der Waals surface area (Å²) in [5.41, 5.74) is 2.55. The molecule has 0 saturated heterocycles. The number of aromatic nitrogens is 1. The van der Waals surface area contributed by atoms with E-state index >= 15 is 0 Å². The Morgan fingerprint density at radius 2 is 1.83 bits per heavy atom. The number of ether oxygens (including phenoxy) is 2. The molecule has 2 heterocycles. The molecule has 4 rings (SSSR count). The van der Waals surface area contributed by atoms with Crippen LogP contribution in [0.1, 0.15) is 34.6 Å². The largest absolute Gasteiger partial charge is 0.497 e. The Hall–Kier alpha value is -4.18. The van der Waals surface area contributed by atoms with E-state index in [0.29, 0.717) is 39.0 Å². The topological polar surface area (TPSA) is 106 Å². The van der Waals surface area contributed by atoms with Crippen LogP contribution in [-0.2, 0) is 9.53 Å². The summed E-state index contributed by atoms with van der Waals surface area (Å²) in [6.07, 6.45) is 0. The van der Waals surface area contributed by atoms with E-state index in [1.165, 1.54) is 7.11 Å². The second kappa shape index (κ2) is 9.98. The van der Waals surface area contributed by atoms with E-state index < -0.39 is 17.9 Å². The SMILES string of the molecule is COC(=O)c1ccccc1[C@H]1NC(=S)N(c2ccc(OC)cc2)C(C)=C1C(=O)Nc1cc(C)on1. The van der Waals surface area contributed by atoms with Crippen LogP contribution in [-0.4, -0.2) is 36.4 Å². The predicted octanol–water partition coefficient (Wildman–Crippen LogP) is 4.13. The van der Waals surface area contributed by atoms with Gasteiger partial charge in [-0.25, -0.2) is 4.79 Å². The highest BCUT2D eigenvalue weighted by Gasteiger charge is 2.36. The third-order valence-corrected chi connectivity index (χ3v) is 5.91. The molecule has 3 aromatic rings. The van der Waals surface area contributed by atoms with Crippen LogP contribution in [0.3, 0.4) is 0 Å². The zero-order valence-electron chi connectivity index (χ0n) is 19.6. The van der Waals surface area contributed by atoms with E-state index in [-0.39, 0.29) is 5.82 Å². The van der Waals surface area contributed by atoms with Gasteiger partial charge in [0, 0.05) is 17.5 Å². The minimum atomic E-state index is -0.722. The molecular weight excluding hydrogens is 468 g/mol. The number of carbonyl (C=O) groups is 2. The monoisotopic (exact) mass is 492 g/mol. The molecule has 2 aromatic carbocycles. The number of nitrogens with one attached hydrogen (secondary N) is 2. The number of carbonyl (C=O) groups excluding carboxylic acids is 2. The van der Waals surface area contributed by atoms with Crippen molar-refractivity contribution in [2.45, 2.75) is 19.9 Å². The molecule has 0 spiro atoms. The molecule has 0 unspecified atom stereocenters. The zero-order chi connectivity index (χ0) is 25.1. The number of rotatable bonds is 6. The summed E-state index contributed by atoms with van der Waals surface area (Å²) in [5.74, 6) is 0.582. The van der Waals surface area contributed by atoms with Gasteiger partial charge in [0.1, 0.15) is 11.5 Å². The van der Waals surface area contributed by atoms with Crippen molar-refractivity contribution >= 4 is 40.7 Å². The van der Waals surface area contributed by atoms with Gasteiger partial charge in [-0.1, -0.05) is 23.4 Å². The maximum Gasteiger partial charge on any atom is 0.338 e. The van der Waals surface area contributed by atoms with Crippen LogP contribution in [0.5, 0.6) is 5.75 Å². The second-order valence-corrected chi connectivity index (χ2v) is 8.16. The van der Waals surface area contributed by atoms with Gasteiger partial charge in [-0.3, -0.25) is 9.69 Å². The molecule has 35 heavy (non-hydrogen) atoms. The average molecular weight is 493 g/mol. The number of benzene rings is 2. The molecule has 180 valence electrons. The maximum atomic E-state index is 13.6. The molecule has 0 aliphatic carbocycles. The summed E-state index contributed by atoms with van der Waals surface area (Å²) in [6.45, 7) is 3.53. The summed E-state index contributed by atoms with van der Waals surface area (Å²) < 4.78 is 15.3. The quantitative estimate of drug-likeness (QED) is 0.388. The van der Waals surface area contributed by atoms with Gasteiger partial charge in [-0.15, -0.1) is 0 Å². The van der Waals surface area contributed by atoms with Gasteiger partial charge in [0.15, 0.2) is 10.9 Å². The molecule has 1 aliphatic rings. The first-order valence-electron chi connectivity index (χ1n) is 10.7. The Morgan fingerprint density at radius 1 is 1.11 bits per heavy atom. The number of allylic oxidation sites excluding steroid dienone is 1. The Morgan fingerprint density at radius 3 is 2.46 bits per heavy atom. The highest BCUT2D eigenvalue weighted by Crippen LogP contribution is 2.36. The number of nitrogens with zero attached hydrogens (tertiary/aromatic N) is 2. The van der Waals surface area contributed by atoms with Crippen LogP contribution >= 0.6 is 12.2 Å². The molecule has 10 heteroatoms. The maximum absolute atomic E-state index is 13.6. The van der Waals surface area contributed by atoms with Crippen molar-refractivity contribution in [2.75, 3.05) is 24.4 Å². The van der Waals surface area contributed by atoms with Crippen LogP contribution in [0.2, 0.25) is 0 Å². The molecule has 9 nitrogen and oxygen atoms in total. The summed E-state index contributed by atoms with van der Waals surface area (Å²) >= 11 is 5.71. The van der Waals surface area contributed by atoms with Crippen LogP contribution in [0.4, 0.5) is 11.5 Å². The third kappa shape index (κ3) is 4.73. The smallest absolute Gasteiger partial charge is 0.338 e. The zero-order valence-corrected chi connectivity index (χ0v) is 20.4. The van der Waals surface area contributed by atoms with E-state index in [2.05, 4.69) is 15.8 Å². The first-order chi connectivity index (χ1) is 16.8. The van der Waals surface area contributed by atoms with Gasteiger partial charge in [0.05, 0.1) is 31.4 Å². The number of thiocarbonyl (C=S) groups is 1. The first-order valence-corrected chi connectivity index (χ1v) is 11.1. The van der Waals surface area contributed by atoms with Crippen molar-refractivity contribution in [3.8, 4) is 5.75 Å². The molecule has 0 bridgehead atoms. The van der Waals surface area contributed by atoms with Crippen LogP contribution in [0.15, 0.2) is 70.4 Å². The molecule has 1 atom stereocenters. The fourth-order valence-corrected chi connectivity index (χ4v) is 4.33.